The minimum atomic E-state index is 0.200. The van der Waals surface area contributed by atoms with Crippen LogP contribution in [0.15, 0.2) is 24.3 Å². The Labute approximate surface area is 121 Å². The van der Waals surface area contributed by atoms with Crippen LogP contribution in [0.2, 0.25) is 0 Å². The number of fused-ring (bicyclic) bond motifs is 1. The van der Waals surface area contributed by atoms with Gasteiger partial charge in [-0.3, -0.25) is 0 Å². The zero-order chi connectivity index (χ0) is 14.2. The van der Waals surface area contributed by atoms with Crippen LogP contribution in [0.3, 0.4) is 0 Å². The van der Waals surface area contributed by atoms with Gasteiger partial charge in [0.15, 0.2) is 0 Å². The smallest absolute Gasteiger partial charge is 0.0733 e. The molecule has 1 aliphatic heterocycles. The topological polar surface area (TPSA) is 30.5 Å². The van der Waals surface area contributed by atoms with Crippen molar-refractivity contribution in [2.45, 2.75) is 45.4 Å². The highest BCUT2D eigenvalue weighted by molar-refractivity contribution is 5.52. The average molecular weight is 275 g/mol. The van der Waals surface area contributed by atoms with E-state index in [1.165, 1.54) is 24.1 Å². The van der Waals surface area contributed by atoms with Crippen molar-refractivity contribution in [1.29, 1.82) is 0 Å². The lowest BCUT2D eigenvalue weighted by atomic mass is 9.55. The van der Waals surface area contributed by atoms with Gasteiger partial charge in [0.1, 0.15) is 0 Å². The van der Waals surface area contributed by atoms with Crippen LogP contribution in [-0.2, 0) is 16.1 Å². The molecule has 110 valence electrons. The molecule has 0 spiro atoms. The Hall–Kier alpha value is -1.06. The number of anilines is 1. The van der Waals surface area contributed by atoms with E-state index in [2.05, 4.69) is 43.4 Å². The molecule has 3 atom stereocenters. The minimum absolute atomic E-state index is 0.200. The van der Waals surface area contributed by atoms with E-state index in [4.69, 9.17) is 9.47 Å². The normalized spacial score (nSPS) is 31.2. The zero-order valence-corrected chi connectivity index (χ0v) is 12.7. The molecular formula is C17H25NO2. The number of hydrogen-bond donors (Lipinski definition) is 1. The first kappa shape index (κ1) is 13.9. The summed E-state index contributed by atoms with van der Waals surface area (Å²) >= 11 is 0. The molecule has 0 amide bonds. The van der Waals surface area contributed by atoms with E-state index in [1.807, 2.05) is 0 Å². The largest absolute Gasteiger partial charge is 0.381 e. The fourth-order valence-corrected chi connectivity index (χ4v) is 3.93. The molecule has 1 saturated heterocycles. The maximum Gasteiger partial charge on any atom is 0.0733 e. The molecule has 3 nitrogen and oxygen atoms in total. The van der Waals surface area contributed by atoms with Crippen molar-refractivity contribution >= 4 is 5.69 Å². The third-order valence-corrected chi connectivity index (χ3v) is 4.96. The van der Waals surface area contributed by atoms with Gasteiger partial charge in [-0.15, -0.1) is 0 Å². The summed E-state index contributed by atoms with van der Waals surface area (Å²) in [6, 6.07) is 8.93. The van der Waals surface area contributed by atoms with Crippen LogP contribution in [0.25, 0.3) is 0 Å². The molecule has 2 fully saturated rings. The van der Waals surface area contributed by atoms with Gasteiger partial charge in [-0.25, -0.2) is 0 Å². The molecule has 1 aromatic rings. The van der Waals surface area contributed by atoms with E-state index in [0.717, 1.165) is 6.61 Å². The van der Waals surface area contributed by atoms with Crippen LogP contribution in [-0.4, -0.2) is 25.9 Å². The number of nitrogens with one attached hydrogen (secondary N) is 1. The monoisotopic (exact) mass is 275 g/mol. The second-order valence-corrected chi connectivity index (χ2v) is 6.63. The number of rotatable bonds is 4. The van der Waals surface area contributed by atoms with Gasteiger partial charge in [0, 0.05) is 42.3 Å². The highest BCUT2D eigenvalue weighted by Gasteiger charge is 2.57. The fourth-order valence-electron chi connectivity index (χ4n) is 3.93. The summed E-state index contributed by atoms with van der Waals surface area (Å²) in [4.78, 5) is 0. The predicted octanol–water partition coefficient (Wildman–Crippen LogP) is 3.45. The van der Waals surface area contributed by atoms with Gasteiger partial charge in [-0.1, -0.05) is 32.0 Å². The van der Waals surface area contributed by atoms with E-state index in [1.54, 1.807) is 7.11 Å². The number of ether oxygens (including phenoxy) is 2. The lowest BCUT2D eigenvalue weighted by molar-refractivity contribution is -0.177. The highest BCUT2D eigenvalue weighted by Crippen LogP contribution is 2.52. The van der Waals surface area contributed by atoms with Crippen molar-refractivity contribution < 1.29 is 9.47 Å². The van der Waals surface area contributed by atoms with Crippen LogP contribution >= 0.6 is 0 Å². The third-order valence-electron chi connectivity index (χ3n) is 4.96. The van der Waals surface area contributed by atoms with Crippen molar-refractivity contribution in [1.82, 2.24) is 0 Å². The van der Waals surface area contributed by atoms with E-state index < -0.39 is 0 Å². The molecule has 1 N–H and O–H groups in total. The van der Waals surface area contributed by atoms with E-state index in [0.29, 0.717) is 24.7 Å². The number of benzene rings is 1. The molecular weight excluding hydrogens is 250 g/mol. The van der Waals surface area contributed by atoms with Gasteiger partial charge >= 0.3 is 0 Å². The third kappa shape index (κ3) is 2.23. The van der Waals surface area contributed by atoms with Crippen LogP contribution in [0.1, 0.15) is 32.3 Å². The van der Waals surface area contributed by atoms with Gasteiger partial charge in [0.2, 0.25) is 0 Å². The number of para-hydroxylation sites is 1. The molecule has 3 rings (SSSR count). The Balaban J connectivity index is 1.77. The second-order valence-electron chi connectivity index (χ2n) is 6.63. The summed E-state index contributed by atoms with van der Waals surface area (Å²) in [6.45, 7) is 6.21. The quantitative estimate of drug-likeness (QED) is 0.913. The van der Waals surface area contributed by atoms with E-state index >= 15 is 0 Å². The Morgan fingerprint density at radius 2 is 2.15 bits per heavy atom. The van der Waals surface area contributed by atoms with Crippen LogP contribution in [0, 0.1) is 11.3 Å². The number of methoxy groups -OCH3 is 1. The number of hydrogen-bond acceptors (Lipinski definition) is 3. The molecule has 0 bridgehead atoms. The van der Waals surface area contributed by atoms with E-state index in [-0.39, 0.29) is 5.41 Å². The van der Waals surface area contributed by atoms with Crippen molar-refractivity contribution in [3.05, 3.63) is 29.8 Å². The second kappa shape index (κ2) is 5.38. The van der Waals surface area contributed by atoms with Gasteiger partial charge in [-0.05, 0) is 18.9 Å². The maximum absolute atomic E-state index is 5.97. The lowest BCUT2D eigenvalue weighted by Gasteiger charge is -2.60. The molecule has 0 radical (unpaired) electrons. The summed E-state index contributed by atoms with van der Waals surface area (Å²) < 4.78 is 11.3. The van der Waals surface area contributed by atoms with Crippen LogP contribution < -0.4 is 5.32 Å². The van der Waals surface area contributed by atoms with Gasteiger partial charge < -0.3 is 14.8 Å². The lowest BCUT2D eigenvalue weighted by Crippen LogP contribution is -2.67. The Morgan fingerprint density at radius 3 is 2.95 bits per heavy atom. The Bertz CT molecular complexity index is 472. The summed E-state index contributed by atoms with van der Waals surface area (Å²) in [5.74, 6) is 0.648. The molecule has 20 heavy (non-hydrogen) atoms. The van der Waals surface area contributed by atoms with Crippen molar-refractivity contribution in [3.8, 4) is 0 Å². The van der Waals surface area contributed by atoms with Crippen molar-refractivity contribution in [3.63, 3.8) is 0 Å². The average Bonchev–Trinajstić information content (AvgIpc) is 2.46. The van der Waals surface area contributed by atoms with E-state index in [9.17, 15) is 0 Å². The molecule has 3 heteroatoms. The maximum atomic E-state index is 5.97. The summed E-state index contributed by atoms with van der Waals surface area (Å²) in [5.41, 5.74) is 2.63. The van der Waals surface area contributed by atoms with Gasteiger partial charge in [-0.2, -0.15) is 0 Å². The molecule has 3 unspecified atom stereocenters. The van der Waals surface area contributed by atoms with Crippen molar-refractivity contribution in [2.75, 3.05) is 19.0 Å². The minimum Gasteiger partial charge on any atom is -0.381 e. The standard InChI is InChI=1S/C17H25NO2/c1-17(2)15(13-8-6-10-20-16(13)17)18-14-9-5-4-7-12(14)11-19-3/h4-5,7,9,13,15-16,18H,6,8,10-11H2,1-3H3. The van der Waals surface area contributed by atoms with Gasteiger partial charge in [0.05, 0.1) is 12.7 Å². The van der Waals surface area contributed by atoms with Crippen molar-refractivity contribution in [2.24, 2.45) is 11.3 Å². The summed E-state index contributed by atoms with van der Waals surface area (Å²) in [7, 11) is 1.75. The molecule has 1 aliphatic carbocycles. The van der Waals surface area contributed by atoms with Crippen LogP contribution in [0.4, 0.5) is 5.69 Å². The highest BCUT2D eigenvalue weighted by atomic mass is 16.5. The molecule has 2 aliphatic rings. The Kier molecular flexibility index (Phi) is 3.74. The first-order valence-corrected chi connectivity index (χ1v) is 7.59. The zero-order valence-electron chi connectivity index (χ0n) is 12.7. The van der Waals surface area contributed by atoms with Crippen LogP contribution in [0.5, 0.6) is 0 Å². The first-order chi connectivity index (χ1) is 9.64. The molecule has 0 aromatic heterocycles. The fraction of sp³-hybridized carbons (Fsp3) is 0.647. The molecule has 1 aromatic carbocycles. The Morgan fingerprint density at radius 1 is 1.35 bits per heavy atom. The predicted molar refractivity (Wildman–Crippen MR) is 80.8 cm³/mol. The SMILES string of the molecule is COCc1ccccc1NC1C2CCCOC2C1(C)C. The first-order valence-electron chi connectivity index (χ1n) is 7.59. The summed E-state index contributed by atoms with van der Waals surface area (Å²) in [5, 5.41) is 3.76. The van der Waals surface area contributed by atoms with Gasteiger partial charge in [0.25, 0.3) is 0 Å². The molecule has 1 saturated carbocycles. The summed E-state index contributed by atoms with van der Waals surface area (Å²) in [6.07, 6.45) is 2.89. The molecule has 1 heterocycles.